The van der Waals surface area contributed by atoms with E-state index in [0.29, 0.717) is 28.8 Å². The summed E-state index contributed by atoms with van der Waals surface area (Å²) < 4.78 is 5.99. The molecule has 2 atom stereocenters. The number of halogens is 1. The molecule has 1 aliphatic heterocycles. The molecule has 0 bridgehead atoms. The van der Waals surface area contributed by atoms with E-state index in [1.807, 2.05) is 0 Å². The van der Waals surface area contributed by atoms with Crippen LogP contribution in [0.3, 0.4) is 0 Å². The molecule has 1 saturated heterocycles. The van der Waals surface area contributed by atoms with Gasteiger partial charge in [-0.25, -0.2) is 0 Å². The van der Waals surface area contributed by atoms with Gasteiger partial charge >= 0.3 is 0 Å². The normalized spacial score (nSPS) is 26.4. The molecular weight excluding hydrogens is 312 g/mol. The Bertz CT molecular complexity index is 495. The van der Waals surface area contributed by atoms with Gasteiger partial charge in [0.25, 0.3) is 5.91 Å². The molecule has 1 fully saturated rings. The number of ether oxygens (including phenoxy) is 1. The number of anilines is 1. The number of hydrogen-bond acceptors (Lipinski definition) is 4. The fourth-order valence-corrected chi connectivity index (χ4v) is 2.48. The molecule has 1 aromatic carbocycles. The van der Waals surface area contributed by atoms with Gasteiger partial charge in [0, 0.05) is 29.7 Å². The van der Waals surface area contributed by atoms with Crippen LogP contribution in [0.4, 0.5) is 5.69 Å². The highest BCUT2D eigenvalue weighted by Gasteiger charge is 2.39. The Morgan fingerprint density at radius 1 is 1.68 bits per heavy atom. The van der Waals surface area contributed by atoms with Crippen LogP contribution in [0.15, 0.2) is 22.7 Å². The molecule has 4 N–H and O–H groups in total. The van der Waals surface area contributed by atoms with Gasteiger partial charge in [0.15, 0.2) is 0 Å². The average molecular weight is 329 g/mol. The third-order valence-electron chi connectivity index (χ3n) is 3.45. The number of hydrogen-bond donors (Lipinski definition) is 3. The van der Waals surface area contributed by atoms with Gasteiger partial charge in [-0.2, -0.15) is 0 Å². The summed E-state index contributed by atoms with van der Waals surface area (Å²) in [6.07, 6.45) is 0.240. The lowest BCUT2D eigenvalue weighted by Crippen LogP contribution is -2.47. The Labute approximate surface area is 120 Å². The predicted octanol–water partition coefficient (Wildman–Crippen LogP) is 1.30. The molecule has 104 valence electrons. The van der Waals surface area contributed by atoms with Crippen LogP contribution in [-0.2, 0) is 4.74 Å². The highest BCUT2D eigenvalue weighted by atomic mass is 79.9. The Morgan fingerprint density at radius 3 is 3.05 bits per heavy atom. The monoisotopic (exact) mass is 328 g/mol. The number of rotatable bonds is 3. The minimum absolute atomic E-state index is 0.161. The summed E-state index contributed by atoms with van der Waals surface area (Å²) >= 11 is 3.31. The highest BCUT2D eigenvalue weighted by molar-refractivity contribution is 9.10. The van der Waals surface area contributed by atoms with Gasteiger partial charge in [-0.1, -0.05) is 0 Å². The third kappa shape index (κ3) is 3.08. The van der Waals surface area contributed by atoms with Crippen molar-refractivity contribution in [1.82, 2.24) is 5.32 Å². The number of nitrogen functional groups attached to an aromatic ring is 1. The zero-order valence-electron chi connectivity index (χ0n) is 10.6. The van der Waals surface area contributed by atoms with Gasteiger partial charge in [-0.05, 0) is 41.1 Å². The van der Waals surface area contributed by atoms with E-state index in [2.05, 4.69) is 21.2 Å². The minimum Gasteiger partial charge on any atom is -0.399 e. The van der Waals surface area contributed by atoms with E-state index in [9.17, 15) is 9.90 Å². The van der Waals surface area contributed by atoms with Gasteiger partial charge in [-0.15, -0.1) is 0 Å². The summed E-state index contributed by atoms with van der Waals surface area (Å²) in [4.78, 5) is 12.1. The van der Waals surface area contributed by atoms with E-state index < -0.39 is 5.60 Å². The maximum absolute atomic E-state index is 12.1. The Morgan fingerprint density at radius 2 is 2.42 bits per heavy atom. The molecule has 0 spiro atoms. The molecule has 5 nitrogen and oxygen atoms in total. The minimum atomic E-state index is -0.998. The highest BCUT2D eigenvalue weighted by Crippen LogP contribution is 2.25. The second-order valence-electron chi connectivity index (χ2n) is 4.79. The summed E-state index contributed by atoms with van der Waals surface area (Å²) in [6.45, 7) is 2.47. The quantitative estimate of drug-likeness (QED) is 0.730. The van der Waals surface area contributed by atoms with Crippen molar-refractivity contribution in [2.45, 2.75) is 25.0 Å². The van der Waals surface area contributed by atoms with E-state index >= 15 is 0 Å². The van der Waals surface area contributed by atoms with Gasteiger partial charge in [0.2, 0.25) is 0 Å². The van der Waals surface area contributed by atoms with E-state index in [1.54, 1.807) is 25.1 Å². The number of benzene rings is 1. The largest absolute Gasteiger partial charge is 0.399 e. The first-order chi connectivity index (χ1) is 8.92. The average Bonchev–Trinajstić information content (AvgIpc) is 2.70. The van der Waals surface area contributed by atoms with E-state index in [-0.39, 0.29) is 18.6 Å². The number of carbonyl (C=O) groups excluding carboxylic acids is 1. The van der Waals surface area contributed by atoms with Crippen LogP contribution >= 0.6 is 15.9 Å². The van der Waals surface area contributed by atoms with Crippen molar-refractivity contribution in [3.05, 3.63) is 28.2 Å². The smallest absolute Gasteiger partial charge is 0.252 e. The number of amides is 1. The zero-order valence-corrected chi connectivity index (χ0v) is 12.2. The lowest BCUT2D eigenvalue weighted by Gasteiger charge is -2.26. The van der Waals surface area contributed by atoms with Gasteiger partial charge in [0.05, 0.1) is 11.7 Å². The van der Waals surface area contributed by atoms with E-state index in [4.69, 9.17) is 10.5 Å². The summed E-state index contributed by atoms with van der Waals surface area (Å²) in [5.74, 6) is -0.272. The van der Waals surface area contributed by atoms with Crippen molar-refractivity contribution in [3.63, 3.8) is 0 Å². The number of aliphatic hydroxyl groups is 1. The molecule has 1 aliphatic rings. The zero-order chi connectivity index (χ0) is 14.0. The molecule has 19 heavy (non-hydrogen) atoms. The first-order valence-electron chi connectivity index (χ1n) is 6.09. The SMILES string of the molecule is CC1OCCC1(O)CNC(=O)c1cc(N)ccc1Br. The van der Waals surface area contributed by atoms with Crippen LogP contribution in [0, 0.1) is 0 Å². The molecule has 2 unspecified atom stereocenters. The molecule has 0 radical (unpaired) electrons. The van der Waals surface area contributed by atoms with Crippen molar-refractivity contribution < 1.29 is 14.6 Å². The Balaban J connectivity index is 2.03. The van der Waals surface area contributed by atoms with Crippen molar-refractivity contribution in [2.75, 3.05) is 18.9 Å². The number of nitrogens with two attached hydrogens (primary N) is 1. The lowest BCUT2D eigenvalue weighted by molar-refractivity contribution is -0.0251. The summed E-state index contributed by atoms with van der Waals surface area (Å²) in [7, 11) is 0. The van der Waals surface area contributed by atoms with Crippen LogP contribution in [0.2, 0.25) is 0 Å². The van der Waals surface area contributed by atoms with Crippen LogP contribution < -0.4 is 11.1 Å². The van der Waals surface area contributed by atoms with Crippen LogP contribution in [0.5, 0.6) is 0 Å². The number of carbonyl (C=O) groups is 1. The van der Waals surface area contributed by atoms with E-state index in [0.717, 1.165) is 0 Å². The second kappa shape index (κ2) is 5.48. The van der Waals surface area contributed by atoms with Crippen LogP contribution in [0.1, 0.15) is 23.7 Å². The van der Waals surface area contributed by atoms with Crippen LogP contribution in [-0.4, -0.2) is 35.9 Å². The Kier molecular flexibility index (Phi) is 4.13. The molecule has 0 aromatic heterocycles. The van der Waals surface area contributed by atoms with Gasteiger partial charge < -0.3 is 20.9 Å². The third-order valence-corrected chi connectivity index (χ3v) is 4.14. The van der Waals surface area contributed by atoms with Gasteiger partial charge in [-0.3, -0.25) is 4.79 Å². The van der Waals surface area contributed by atoms with Gasteiger partial charge in [0.1, 0.15) is 5.60 Å². The first kappa shape index (κ1) is 14.3. The fraction of sp³-hybridized carbons (Fsp3) is 0.462. The molecule has 6 heteroatoms. The summed E-state index contributed by atoms with van der Waals surface area (Å²) in [6, 6.07) is 5.03. The standard InChI is InChI=1S/C13H17BrN2O3/c1-8-13(18,4-5-19-8)7-16-12(17)10-6-9(15)2-3-11(10)14/h2-3,6,8,18H,4-5,7,15H2,1H3,(H,16,17). The van der Waals surface area contributed by atoms with Crippen molar-refractivity contribution in [1.29, 1.82) is 0 Å². The maximum atomic E-state index is 12.1. The molecule has 1 amide bonds. The van der Waals surface area contributed by atoms with Crippen LogP contribution in [0.25, 0.3) is 0 Å². The summed E-state index contributed by atoms with van der Waals surface area (Å²) in [5.41, 5.74) is 5.64. The molecule has 1 heterocycles. The molecule has 1 aromatic rings. The van der Waals surface area contributed by atoms with Crippen molar-refractivity contribution in [3.8, 4) is 0 Å². The maximum Gasteiger partial charge on any atom is 0.252 e. The lowest BCUT2D eigenvalue weighted by atomic mass is 9.96. The second-order valence-corrected chi connectivity index (χ2v) is 5.64. The topological polar surface area (TPSA) is 84.6 Å². The fourth-order valence-electron chi connectivity index (χ4n) is 2.05. The van der Waals surface area contributed by atoms with Crippen molar-refractivity contribution >= 4 is 27.5 Å². The number of nitrogens with one attached hydrogen (secondary N) is 1. The Hall–Kier alpha value is -1.11. The van der Waals surface area contributed by atoms with Crippen molar-refractivity contribution in [2.24, 2.45) is 0 Å². The molecule has 0 saturated carbocycles. The first-order valence-corrected chi connectivity index (χ1v) is 6.89. The molecule has 0 aliphatic carbocycles. The van der Waals surface area contributed by atoms with E-state index in [1.165, 1.54) is 0 Å². The molecular formula is C13H17BrN2O3. The molecule has 2 rings (SSSR count). The predicted molar refractivity (Wildman–Crippen MR) is 75.9 cm³/mol. The summed E-state index contributed by atoms with van der Waals surface area (Å²) in [5, 5.41) is 13.0.